The Kier molecular flexibility index (Phi) is 3.62. The fourth-order valence-corrected chi connectivity index (χ4v) is 1.78. The number of halogens is 2. The third kappa shape index (κ3) is 2.87. The van der Waals surface area contributed by atoms with E-state index in [1.807, 2.05) is 0 Å². The van der Waals surface area contributed by atoms with E-state index >= 15 is 0 Å². The van der Waals surface area contributed by atoms with Gasteiger partial charge in [0.25, 0.3) is 0 Å². The molecule has 0 unspecified atom stereocenters. The van der Waals surface area contributed by atoms with Crippen molar-refractivity contribution in [3.05, 3.63) is 58.3 Å². The number of aromatic carboxylic acids is 1. The molecule has 0 aromatic heterocycles. The summed E-state index contributed by atoms with van der Waals surface area (Å²) in [5.41, 5.74) is 1.15. The maximum atomic E-state index is 13.6. The molecule has 2 rings (SSSR count). The summed E-state index contributed by atoms with van der Waals surface area (Å²) in [5, 5.41) is 11.6. The minimum atomic E-state index is -0.989. The van der Waals surface area contributed by atoms with Crippen LogP contribution in [-0.2, 0) is 0 Å². The Hall–Kier alpha value is -1.88. The van der Waals surface area contributed by atoms with E-state index in [0.717, 1.165) is 0 Å². The van der Waals surface area contributed by atoms with Crippen molar-refractivity contribution in [2.45, 2.75) is 0 Å². The molecular weight excluding hydrogens is 301 g/mol. The molecule has 2 aromatic rings. The van der Waals surface area contributed by atoms with Crippen molar-refractivity contribution >= 4 is 33.3 Å². The molecule has 0 aliphatic carbocycles. The van der Waals surface area contributed by atoms with Crippen LogP contribution in [0.3, 0.4) is 0 Å². The summed E-state index contributed by atoms with van der Waals surface area (Å²) in [7, 11) is 0. The van der Waals surface area contributed by atoms with Crippen molar-refractivity contribution in [1.82, 2.24) is 0 Å². The maximum Gasteiger partial charge on any atom is 0.335 e. The molecule has 0 amide bonds. The largest absolute Gasteiger partial charge is 0.478 e. The van der Waals surface area contributed by atoms with E-state index in [0.29, 0.717) is 15.8 Å². The molecular formula is C13H9BrFNO2. The minimum Gasteiger partial charge on any atom is -0.478 e. The van der Waals surface area contributed by atoms with Crippen LogP contribution >= 0.6 is 15.9 Å². The molecule has 0 atom stereocenters. The van der Waals surface area contributed by atoms with Gasteiger partial charge in [-0.05, 0) is 42.5 Å². The number of anilines is 2. The SMILES string of the molecule is O=C(O)c1ccc(Nc2ccc(Br)cc2F)cc1. The molecule has 92 valence electrons. The molecule has 0 aliphatic rings. The summed E-state index contributed by atoms with van der Waals surface area (Å²) in [6.45, 7) is 0. The molecule has 0 fully saturated rings. The number of rotatable bonds is 3. The van der Waals surface area contributed by atoms with Crippen molar-refractivity contribution < 1.29 is 14.3 Å². The fraction of sp³-hybridized carbons (Fsp3) is 0. The van der Waals surface area contributed by atoms with Gasteiger partial charge in [-0.25, -0.2) is 9.18 Å². The highest BCUT2D eigenvalue weighted by atomic mass is 79.9. The summed E-state index contributed by atoms with van der Waals surface area (Å²) in [6, 6.07) is 10.8. The summed E-state index contributed by atoms with van der Waals surface area (Å²) in [4.78, 5) is 10.7. The van der Waals surface area contributed by atoms with Crippen molar-refractivity contribution in [2.24, 2.45) is 0 Å². The second kappa shape index (κ2) is 5.18. The monoisotopic (exact) mass is 309 g/mol. The lowest BCUT2D eigenvalue weighted by Gasteiger charge is -2.08. The van der Waals surface area contributed by atoms with E-state index in [4.69, 9.17) is 5.11 Å². The van der Waals surface area contributed by atoms with Crippen LogP contribution in [0.15, 0.2) is 46.9 Å². The number of nitrogens with one attached hydrogen (secondary N) is 1. The van der Waals surface area contributed by atoms with Crippen molar-refractivity contribution in [3.8, 4) is 0 Å². The van der Waals surface area contributed by atoms with Crippen LogP contribution < -0.4 is 5.32 Å². The number of hydrogen-bond donors (Lipinski definition) is 2. The second-order valence-electron chi connectivity index (χ2n) is 3.63. The molecule has 0 aliphatic heterocycles. The first-order chi connectivity index (χ1) is 8.56. The van der Waals surface area contributed by atoms with Crippen molar-refractivity contribution in [1.29, 1.82) is 0 Å². The van der Waals surface area contributed by atoms with E-state index in [1.54, 1.807) is 24.3 Å². The van der Waals surface area contributed by atoms with Gasteiger partial charge in [-0.2, -0.15) is 0 Å². The van der Waals surface area contributed by atoms with E-state index < -0.39 is 5.97 Å². The molecule has 0 heterocycles. The smallest absolute Gasteiger partial charge is 0.335 e. The lowest BCUT2D eigenvalue weighted by molar-refractivity contribution is 0.0697. The summed E-state index contributed by atoms with van der Waals surface area (Å²) >= 11 is 3.17. The van der Waals surface area contributed by atoms with Gasteiger partial charge in [0.15, 0.2) is 0 Å². The first-order valence-corrected chi connectivity index (χ1v) is 5.91. The lowest BCUT2D eigenvalue weighted by Crippen LogP contribution is -1.97. The molecule has 0 radical (unpaired) electrons. The van der Waals surface area contributed by atoms with Gasteiger partial charge in [-0.15, -0.1) is 0 Å². The summed E-state index contributed by atoms with van der Waals surface area (Å²) in [6.07, 6.45) is 0. The Labute approximate surface area is 111 Å². The number of carboxylic acid groups (broad SMARTS) is 1. The van der Waals surface area contributed by atoms with Crippen molar-refractivity contribution in [3.63, 3.8) is 0 Å². The maximum absolute atomic E-state index is 13.6. The van der Waals surface area contributed by atoms with Gasteiger partial charge >= 0.3 is 5.97 Å². The van der Waals surface area contributed by atoms with Crippen LogP contribution in [0.5, 0.6) is 0 Å². The van der Waals surface area contributed by atoms with Crippen LogP contribution in [0.25, 0.3) is 0 Å². The fourth-order valence-electron chi connectivity index (χ4n) is 1.44. The predicted molar refractivity (Wildman–Crippen MR) is 70.8 cm³/mol. The topological polar surface area (TPSA) is 49.3 Å². The van der Waals surface area contributed by atoms with E-state index in [2.05, 4.69) is 21.2 Å². The minimum absolute atomic E-state index is 0.192. The summed E-state index contributed by atoms with van der Waals surface area (Å²) < 4.78 is 14.2. The quantitative estimate of drug-likeness (QED) is 0.900. The van der Waals surface area contributed by atoms with Crippen molar-refractivity contribution in [2.75, 3.05) is 5.32 Å². The van der Waals surface area contributed by atoms with Gasteiger partial charge in [0.1, 0.15) is 5.82 Å². The Morgan fingerprint density at radius 3 is 2.39 bits per heavy atom. The molecule has 18 heavy (non-hydrogen) atoms. The molecule has 3 nitrogen and oxygen atoms in total. The summed E-state index contributed by atoms with van der Waals surface area (Å²) in [5.74, 6) is -1.37. The van der Waals surface area contributed by atoms with Gasteiger partial charge < -0.3 is 10.4 Å². The average molecular weight is 310 g/mol. The third-order valence-electron chi connectivity index (χ3n) is 2.34. The zero-order valence-corrected chi connectivity index (χ0v) is 10.7. The van der Waals surface area contributed by atoms with Gasteiger partial charge in [0.2, 0.25) is 0 Å². The molecule has 0 saturated carbocycles. The van der Waals surface area contributed by atoms with Crippen LogP contribution in [0.1, 0.15) is 10.4 Å². The standard InChI is InChI=1S/C13H9BrFNO2/c14-9-3-6-12(11(15)7-9)16-10-4-1-8(2-5-10)13(17)18/h1-7,16H,(H,17,18). The van der Waals surface area contributed by atoms with Crippen LogP contribution in [0, 0.1) is 5.82 Å². The van der Waals surface area contributed by atoms with Gasteiger partial charge in [0, 0.05) is 10.2 Å². The lowest BCUT2D eigenvalue weighted by atomic mass is 10.2. The highest BCUT2D eigenvalue weighted by Crippen LogP contribution is 2.23. The second-order valence-corrected chi connectivity index (χ2v) is 4.55. The predicted octanol–water partition coefficient (Wildman–Crippen LogP) is 4.03. The van der Waals surface area contributed by atoms with Gasteiger partial charge in [-0.3, -0.25) is 0 Å². The first kappa shape index (κ1) is 12.6. The number of carbonyl (C=O) groups is 1. The highest BCUT2D eigenvalue weighted by Gasteiger charge is 2.05. The molecule has 2 N–H and O–H groups in total. The number of carboxylic acids is 1. The normalized spacial score (nSPS) is 10.1. The molecule has 0 saturated heterocycles. The van der Waals surface area contributed by atoms with Gasteiger partial charge in [0.05, 0.1) is 11.3 Å². The van der Waals surface area contributed by atoms with Crippen LogP contribution in [0.4, 0.5) is 15.8 Å². The first-order valence-electron chi connectivity index (χ1n) is 5.12. The number of benzene rings is 2. The molecule has 0 bridgehead atoms. The Morgan fingerprint density at radius 1 is 1.17 bits per heavy atom. The Bertz CT molecular complexity index is 584. The van der Waals surface area contributed by atoms with Gasteiger partial charge in [-0.1, -0.05) is 15.9 Å². The van der Waals surface area contributed by atoms with E-state index in [1.165, 1.54) is 18.2 Å². The van der Waals surface area contributed by atoms with Crippen LogP contribution in [-0.4, -0.2) is 11.1 Å². The average Bonchev–Trinajstić information content (AvgIpc) is 2.33. The molecule has 5 heteroatoms. The zero-order valence-electron chi connectivity index (χ0n) is 9.15. The van der Waals surface area contributed by atoms with E-state index in [-0.39, 0.29) is 11.4 Å². The Balaban J connectivity index is 2.21. The molecule has 0 spiro atoms. The highest BCUT2D eigenvalue weighted by molar-refractivity contribution is 9.10. The zero-order chi connectivity index (χ0) is 13.1. The van der Waals surface area contributed by atoms with Crippen LogP contribution in [0.2, 0.25) is 0 Å². The Morgan fingerprint density at radius 2 is 1.83 bits per heavy atom. The molecule has 2 aromatic carbocycles. The third-order valence-corrected chi connectivity index (χ3v) is 2.84. The number of hydrogen-bond acceptors (Lipinski definition) is 2. The van der Waals surface area contributed by atoms with E-state index in [9.17, 15) is 9.18 Å².